The van der Waals surface area contributed by atoms with E-state index in [2.05, 4.69) is 16.0 Å². The van der Waals surface area contributed by atoms with Gasteiger partial charge in [-0.25, -0.2) is 4.18 Å². The average Bonchev–Trinajstić information content (AvgIpc) is 1.75. The predicted molar refractivity (Wildman–Crippen MR) is 51.7 cm³/mol. The molecule has 0 aliphatic heterocycles. The topological polar surface area (TPSA) is 63.6 Å². The monoisotopic (exact) mass is 216 g/mol. The van der Waals surface area contributed by atoms with Crippen LogP contribution in [0.5, 0.6) is 0 Å². The Hall–Kier alpha value is -0.830. The summed E-state index contributed by atoms with van der Waals surface area (Å²) in [7, 11) is -4.44. The van der Waals surface area contributed by atoms with E-state index in [4.69, 9.17) is 4.55 Å². The van der Waals surface area contributed by atoms with Crippen LogP contribution in [0.25, 0.3) is 0 Å². The van der Waals surface area contributed by atoms with Crippen LogP contribution in [0.2, 0.25) is 0 Å². The molecule has 1 rings (SSSR count). The predicted octanol–water partition coefficient (Wildman–Crippen LogP) is 1.16. The molecule has 0 aromatic heterocycles. The molecule has 5 heteroatoms. The third-order valence-electron chi connectivity index (χ3n) is 1.63. The highest BCUT2D eigenvalue weighted by Gasteiger charge is 2.23. The lowest BCUT2D eigenvalue weighted by atomic mass is 9.95. The first-order valence-electron chi connectivity index (χ1n) is 4.16. The maximum atomic E-state index is 10.4. The molecule has 0 saturated carbocycles. The number of hydrogen-bond acceptors (Lipinski definition) is 3. The van der Waals surface area contributed by atoms with Crippen molar-refractivity contribution in [3.05, 3.63) is 12.2 Å². The Labute approximate surface area is 83.9 Å². The van der Waals surface area contributed by atoms with E-state index in [1.165, 1.54) is 13.8 Å². The fourth-order valence-electron chi connectivity index (χ4n) is 0.930. The van der Waals surface area contributed by atoms with Crippen LogP contribution in [0.1, 0.15) is 20.3 Å². The Balaban J connectivity index is 2.64. The minimum Gasteiger partial charge on any atom is -0.263 e. The molecular weight excluding hydrogens is 204 g/mol. The summed E-state index contributed by atoms with van der Waals surface area (Å²) in [4.78, 5) is 0. The van der Waals surface area contributed by atoms with Gasteiger partial charge in [-0.15, -0.1) is 0 Å². The van der Waals surface area contributed by atoms with Crippen molar-refractivity contribution >= 4 is 10.4 Å². The van der Waals surface area contributed by atoms with Crippen LogP contribution in [0.4, 0.5) is 0 Å². The molecule has 0 amide bonds. The van der Waals surface area contributed by atoms with E-state index in [0.29, 0.717) is 0 Å². The van der Waals surface area contributed by atoms with Gasteiger partial charge in [0.1, 0.15) is 5.60 Å². The highest BCUT2D eigenvalue weighted by atomic mass is 32.3. The van der Waals surface area contributed by atoms with Crippen LogP contribution < -0.4 is 0 Å². The van der Waals surface area contributed by atoms with Gasteiger partial charge in [0.25, 0.3) is 0 Å². The van der Waals surface area contributed by atoms with Gasteiger partial charge in [0.05, 0.1) is 0 Å². The van der Waals surface area contributed by atoms with Crippen molar-refractivity contribution in [1.29, 1.82) is 0 Å². The molecular formula is C9H12O4S. The van der Waals surface area contributed by atoms with Gasteiger partial charge in [-0.3, -0.25) is 4.55 Å². The first-order valence-corrected chi connectivity index (χ1v) is 5.52. The van der Waals surface area contributed by atoms with Crippen molar-refractivity contribution in [2.24, 2.45) is 5.92 Å². The van der Waals surface area contributed by atoms with Gasteiger partial charge in [0, 0.05) is 5.92 Å². The van der Waals surface area contributed by atoms with Crippen molar-refractivity contribution in [3.8, 4) is 11.8 Å². The first kappa shape index (κ1) is 11.2. The van der Waals surface area contributed by atoms with E-state index in [1.807, 2.05) is 12.2 Å². The second-order valence-electron chi connectivity index (χ2n) is 3.56. The molecule has 0 aromatic carbocycles. The summed E-state index contributed by atoms with van der Waals surface area (Å²) in [6.45, 7) is 2.96. The molecule has 4 nitrogen and oxygen atoms in total. The normalized spacial score (nSPS) is 20.9. The Morgan fingerprint density at radius 1 is 1.57 bits per heavy atom. The highest BCUT2D eigenvalue weighted by Crippen LogP contribution is 2.17. The largest absolute Gasteiger partial charge is 0.398 e. The van der Waals surface area contributed by atoms with E-state index in [-0.39, 0.29) is 5.92 Å². The van der Waals surface area contributed by atoms with E-state index in [1.54, 1.807) is 0 Å². The minimum absolute atomic E-state index is 0.180. The lowest BCUT2D eigenvalue weighted by Gasteiger charge is -2.16. The lowest BCUT2D eigenvalue weighted by molar-refractivity contribution is 0.155. The zero-order valence-corrected chi connectivity index (χ0v) is 8.84. The third kappa shape index (κ3) is 3.92. The summed E-state index contributed by atoms with van der Waals surface area (Å²) in [5.74, 6) is 5.68. The molecule has 0 aromatic rings. The second kappa shape index (κ2) is 3.73. The minimum atomic E-state index is -4.44. The molecule has 0 saturated heterocycles. The first-order chi connectivity index (χ1) is 6.29. The van der Waals surface area contributed by atoms with Crippen LogP contribution in [0.15, 0.2) is 12.2 Å². The second-order valence-corrected chi connectivity index (χ2v) is 4.58. The van der Waals surface area contributed by atoms with Gasteiger partial charge in [-0.2, -0.15) is 8.42 Å². The average molecular weight is 216 g/mol. The molecule has 1 N–H and O–H groups in total. The fourth-order valence-corrected chi connectivity index (χ4v) is 1.50. The molecule has 1 aliphatic rings. The van der Waals surface area contributed by atoms with Crippen LogP contribution in [0.3, 0.4) is 0 Å². The summed E-state index contributed by atoms with van der Waals surface area (Å²) >= 11 is 0. The van der Waals surface area contributed by atoms with Gasteiger partial charge in [-0.05, 0) is 20.3 Å². The van der Waals surface area contributed by atoms with Crippen molar-refractivity contribution < 1.29 is 17.2 Å². The molecule has 1 unspecified atom stereocenters. The van der Waals surface area contributed by atoms with E-state index in [0.717, 1.165) is 6.42 Å². The van der Waals surface area contributed by atoms with Gasteiger partial charge in [0.15, 0.2) is 0 Å². The quantitative estimate of drug-likeness (QED) is 0.427. The van der Waals surface area contributed by atoms with Crippen LogP contribution >= 0.6 is 0 Å². The van der Waals surface area contributed by atoms with Gasteiger partial charge in [0.2, 0.25) is 0 Å². The van der Waals surface area contributed by atoms with Crippen molar-refractivity contribution in [2.45, 2.75) is 25.9 Å². The molecule has 14 heavy (non-hydrogen) atoms. The smallest absolute Gasteiger partial charge is 0.263 e. The summed E-state index contributed by atoms with van der Waals surface area (Å²) in [5.41, 5.74) is -1.18. The Morgan fingerprint density at radius 3 is 2.50 bits per heavy atom. The zero-order valence-electron chi connectivity index (χ0n) is 8.02. The zero-order chi connectivity index (χ0) is 10.8. The Bertz CT molecular complexity index is 394. The Morgan fingerprint density at radius 2 is 2.14 bits per heavy atom. The summed E-state index contributed by atoms with van der Waals surface area (Å²) in [5, 5.41) is 0. The number of rotatable bonds is 2. The summed E-state index contributed by atoms with van der Waals surface area (Å²) in [6, 6.07) is 0. The molecule has 0 heterocycles. The van der Waals surface area contributed by atoms with E-state index < -0.39 is 16.0 Å². The lowest BCUT2D eigenvalue weighted by Crippen LogP contribution is -2.26. The fraction of sp³-hybridized carbons (Fsp3) is 0.556. The van der Waals surface area contributed by atoms with Gasteiger partial charge < -0.3 is 0 Å². The van der Waals surface area contributed by atoms with Crippen LogP contribution in [-0.4, -0.2) is 18.6 Å². The molecule has 1 atom stereocenters. The van der Waals surface area contributed by atoms with Crippen molar-refractivity contribution in [2.75, 3.05) is 0 Å². The number of hydrogen-bond donors (Lipinski definition) is 1. The van der Waals surface area contributed by atoms with Gasteiger partial charge in [-0.1, -0.05) is 24.0 Å². The van der Waals surface area contributed by atoms with Gasteiger partial charge >= 0.3 is 10.4 Å². The molecule has 0 fully saturated rings. The van der Waals surface area contributed by atoms with Crippen molar-refractivity contribution in [3.63, 3.8) is 0 Å². The molecule has 1 aliphatic carbocycles. The molecule has 0 radical (unpaired) electrons. The van der Waals surface area contributed by atoms with E-state index in [9.17, 15) is 8.42 Å². The molecule has 78 valence electrons. The molecule has 0 bridgehead atoms. The third-order valence-corrected chi connectivity index (χ3v) is 2.26. The summed E-state index contributed by atoms with van der Waals surface area (Å²) in [6.07, 6.45) is 4.79. The van der Waals surface area contributed by atoms with E-state index >= 15 is 0 Å². The van der Waals surface area contributed by atoms with Crippen molar-refractivity contribution in [1.82, 2.24) is 0 Å². The standard InChI is InChI=1S/C9H12O4S/c1-9(2,13-14(10,11)12)7-6-8-4-3-5-8/h3-4,8H,5H2,1-2H3,(H,10,11,12). The van der Waals surface area contributed by atoms with Crippen LogP contribution in [-0.2, 0) is 14.6 Å². The molecule has 0 spiro atoms. The maximum Gasteiger partial charge on any atom is 0.398 e. The highest BCUT2D eigenvalue weighted by molar-refractivity contribution is 7.80. The SMILES string of the molecule is CC(C)(C#CC1C=CC1)OS(=O)(=O)O. The van der Waals surface area contributed by atoms with Crippen LogP contribution in [0, 0.1) is 17.8 Å². The number of allylic oxidation sites excluding steroid dienone is 2. The summed E-state index contributed by atoms with van der Waals surface area (Å²) < 4.78 is 33.7. The Kier molecular flexibility index (Phi) is 3.00. The maximum absolute atomic E-state index is 10.4.